The molecule has 8 nitrogen and oxygen atoms in total. The summed E-state index contributed by atoms with van der Waals surface area (Å²) in [6.45, 7) is 2.00. The third-order valence-electron chi connectivity index (χ3n) is 6.61. The molecule has 0 aliphatic carbocycles. The highest BCUT2D eigenvalue weighted by atomic mass is 16.2. The van der Waals surface area contributed by atoms with Crippen molar-refractivity contribution in [2.24, 2.45) is 0 Å². The predicted molar refractivity (Wildman–Crippen MR) is 144 cm³/mol. The number of nitrogens with zero attached hydrogens (tertiary/aromatic N) is 3. The molecule has 0 saturated carbocycles. The lowest BCUT2D eigenvalue weighted by Crippen LogP contribution is -2.47. The lowest BCUT2D eigenvalue weighted by molar-refractivity contribution is -0.117. The number of anilines is 1. The summed E-state index contributed by atoms with van der Waals surface area (Å²) in [4.78, 5) is 40.9. The van der Waals surface area contributed by atoms with E-state index in [4.69, 9.17) is 0 Å². The van der Waals surface area contributed by atoms with Crippen molar-refractivity contribution < 1.29 is 9.59 Å². The number of carbonyl (C=O) groups excluding carboxylic acids is 2. The molecule has 0 bridgehead atoms. The molecule has 2 N–H and O–H groups in total. The van der Waals surface area contributed by atoms with Crippen LogP contribution >= 0.6 is 0 Å². The first-order valence-corrected chi connectivity index (χ1v) is 12.5. The molecule has 1 aliphatic rings. The topological polar surface area (TPSA) is 96.3 Å². The quantitative estimate of drug-likeness (QED) is 0.410. The molecule has 1 saturated heterocycles. The molecule has 1 aliphatic heterocycles. The summed E-state index contributed by atoms with van der Waals surface area (Å²) in [5.41, 5.74) is 1.74. The molecule has 5 rings (SSSR count). The average molecular weight is 496 g/mol. The fourth-order valence-corrected chi connectivity index (χ4v) is 4.68. The van der Waals surface area contributed by atoms with E-state index in [1.165, 1.54) is 4.68 Å². The Morgan fingerprint density at radius 1 is 0.838 bits per heavy atom. The number of likely N-dealkylation sites (tertiary alicyclic amines) is 1. The lowest BCUT2D eigenvalue weighted by Gasteiger charge is -2.31. The second-order valence-corrected chi connectivity index (χ2v) is 9.28. The van der Waals surface area contributed by atoms with Crippen LogP contribution in [0.25, 0.3) is 10.8 Å². The lowest BCUT2D eigenvalue weighted by atomic mass is 10.0. The van der Waals surface area contributed by atoms with Crippen LogP contribution in [0.5, 0.6) is 0 Å². The molecule has 188 valence electrons. The fraction of sp³-hybridized carbons (Fsp3) is 0.241. The van der Waals surface area contributed by atoms with E-state index in [1.807, 2.05) is 60.7 Å². The summed E-state index contributed by atoms with van der Waals surface area (Å²) in [6, 6.07) is 26.1. The smallest absolute Gasteiger partial charge is 0.274 e. The van der Waals surface area contributed by atoms with Crippen molar-refractivity contribution in [2.75, 3.05) is 25.0 Å². The van der Waals surface area contributed by atoms with Gasteiger partial charge in [0.25, 0.3) is 11.5 Å². The number of carbonyl (C=O) groups is 2. The van der Waals surface area contributed by atoms with Crippen molar-refractivity contribution >= 4 is 28.3 Å². The number of benzene rings is 3. The number of fused-ring (bicyclic) bond motifs is 1. The first kappa shape index (κ1) is 24.4. The number of para-hydroxylation sites is 1. The van der Waals surface area contributed by atoms with Gasteiger partial charge in [-0.05, 0) is 36.6 Å². The SMILES string of the molecule is O=C(CN1CCC(NC(=O)c2nn(Cc3ccccc3)c(=O)c3ccccc23)CC1)Nc1ccccc1. The maximum absolute atomic E-state index is 13.3. The molecular formula is C29H29N5O3. The van der Waals surface area contributed by atoms with Crippen LogP contribution in [0.2, 0.25) is 0 Å². The van der Waals surface area contributed by atoms with Gasteiger partial charge in [0.15, 0.2) is 5.69 Å². The Morgan fingerprint density at radius 3 is 2.16 bits per heavy atom. The largest absolute Gasteiger partial charge is 0.348 e. The molecule has 37 heavy (non-hydrogen) atoms. The molecule has 3 aromatic carbocycles. The standard InChI is InChI=1S/C29H29N5O3/c35-26(30-22-11-5-2-6-12-22)20-33-17-15-23(16-18-33)31-28(36)27-24-13-7-8-14-25(24)29(37)34(32-27)19-21-9-3-1-4-10-21/h1-14,23H,15-20H2,(H,30,35)(H,31,36). The van der Waals surface area contributed by atoms with Crippen molar-refractivity contribution in [3.63, 3.8) is 0 Å². The summed E-state index contributed by atoms with van der Waals surface area (Å²) >= 11 is 0. The van der Waals surface area contributed by atoms with E-state index in [0.717, 1.165) is 24.1 Å². The van der Waals surface area contributed by atoms with Gasteiger partial charge in [0.2, 0.25) is 5.91 Å². The minimum absolute atomic E-state index is 0.0315. The zero-order valence-electron chi connectivity index (χ0n) is 20.5. The second kappa shape index (κ2) is 11.2. The van der Waals surface area contributed by atoms with Crippen LogP contribution in [-0.4, -0.2) is 52.2 Å². The number of hydrogen-bond acceptors (Lipinski definition) is 5. The normalized spacial score (nSPS) is 14.4. The van der Waals surface area contributed by atoms with E-state index in [-0.39, 0.29) is 35.7 Å². The number of rotatable bonds is 7. The Bertz CT molecular complexity index is 1450. The van der Waals surface area contributed by atoms with Crippen LogP contribution in [0, 0.1) is 0 Å². The second-order valence-electron chi connectivity index (χ2n) is 9.28. The highest BCUT2D eigenvalue weighted by Crippen LogP contribution is 2.16. The number of aromatic nitrogens is 2. The molecule has 8 heteroatoms. The van der Waals surface area contributed by atoms with E-state index >= 15 is 0 Å². The van der Waals surface area contributed by atoms with E-state index in [2.05, 4.69) is 20.6 Å². The first-order chi connectivity index (χ1) is 18.1. The fourth-order valence-electron chi connectivity index (χ4n) is 4.68. The van der Waals surface area contributed by atoms with Crippen LogP contribution in [0.3, 0.4) is 0 Å². The summed E-state index contributed by atoms with van der Waals surface area (Å²) < 4.78 is 1.36. The van der Waals surface area contributed by atoms with Gasteiger partial charge in [-0.25, -0.2) is 4.68 Å². The van der Waals surface area contributed by atoms with Gasteiger partial charge in [-0.3, -0.25) is 19.3 Å². The maximum Gasteiger partial charge on any atom is 0.274 e. The Kier molecular flexibility index (Phi) is 7.37. The van der Waals surface area contributed by atoms with Crippen LogP contribution < -0.4 is 16.2 Å². The Morgan fingerprint density at radius 2 is 1.46 bits per heavy atom. The molecule has 0 atom stereocenters. The summed E-state index contributed by atoms with van der Waals surface area (Å²) in [6.07, 6.45) is 1.46. The van der Waals surface area contributed by atoms with Crippen molar-refractivity contribution in [3.05, 3.63) is 107 Å². The maximum atomic E-state index is 13.3. The summed E-state index contributed by atoms with van der Waals surface area (Å²) in [7, 11) is 0. The molecule has 2 amide bonds. The van der Waals surface area contributed by atoms with Crippen LogP contribution in [0.1, 0.15) is 28.9 Å². The Hall–Kier alpha value is -4.30. The average Bonchev–Trinajstić information content (AvgIpc) is 2.92. The highest BCUT2D eigenvalue weighted by Gasteiger charge is 2.24. The van der Waals surface area contributed by atoms with Gasteiger partial charge in [-0.1, -0.05) is 66.7 Å². The molecule has 2 heterocycles. The van der Waals surface area contributed by atoms with Gasteiger partial charge in [-0.2, -0.15) is 5.10 Å². The van der Waals surface area contributed by atoms with Gasteiger partial charge in [-0.15, -0.1) is 0 Å². The van der Waals surface area contributed by atoms with Gasteiger partial charge in [0.05, 0.1) is 18.5 Å². The van der Waals surface area contributed by atoms with E-state index in [0.29, 0.717) is 30.4 Å². The molecule has 1 fully saturated rings. The van der Waals surface area contributed by atoms with Gasteiger partial charge >= 0.3 is 0 Å². The predicted octanol–water partition coefficient (Wildman–Crippen LogP) is 3.28. The zero-order valence-corrected chi connectivity index (χ0v) is 20.5. The third kappa shape index (κ3) is 5.92. The van der Waals surface area contributed by atoms with Crippen molar-refractivity contribution in [1.29, 1.82) is 0 Å². The molecule has 0 spiro atoms. The van der Waals surface area contributed by atoms with Crippen LogP contribution in [-0.2, 0) is 11.3 Å². The molecule has 0 unspecified atom stereocenters. The number of amides is 2. The minimum atomic E-state index is -0.293. The number of nitrogens with one attached hydrogen (secondary N) is 2. The Balaban J connectivity index is 1.24. The van der Waals surface area contributed by atoms with Crippen molar-refractivity contribution in [1.82, 2.24) is 20.0 Å². The summed E-state index contributed by atoms with van der Waals surface area (Å²) in [5.74, 6) is -0.344. The van der Waals surface area contributed by atoms with E-state index in [9.17, 15) is 14.4 Å². The van der Waals surface area contributed by atoms with Gasteiger partial charge in [0, 0.05) is 30.2 Å². The summed E-state index contributed by atoms with van der Waals surface area (Å²) in [5, 5.41) is 11.5. The van der Waals surface area contributed by atoms with Crippen molar-refractivity contribution in [2.45, 2.75) is 25.4 Å². The number of piperidine rings is 1. The molecule has 1 aromatic heterocycles. The van der Waals surface area contributed by atoms with E-state index in [1.54, 1.807) is 24.3 Å². The highest BCUT2D eigenvalue weighted by molar-refractivity contribution is 6.04. The van der Waals surface area contributed by atoms with Crippen LogP contribution in [0.15, 0.2) is 89.7 Å². The Labute approximate surface area is 214 Å². The molecule has 4 aromatic rings. The monoisotopic (exact) mass is 495 g/mol. The number of hydrogen-bond donors (Lipinski definition) is 2. The minimum Gasteiger partial charge on any atom is -0.348 e. The van der Waals surface area contributed by atoms with Crippen molar-refractivity contribution in [3.8, 4) is 0 Å². The molecule has 0 radical (unpaired) electrons. The zero-order chi connectivity index (χ0) is 25.6. The molecular weight excluding hydrogens is 466 g/mol. The van der Waals surface area contributed by atoms with Crippen LogP contribution in [0.4, 0.5) is 5.69 Å². The third-order valence-corrected chi connectivity index (χ3v) is 6.61. The first-order valence-electron chi connectivity index (χ1n) is 12.5. The van der Waals surface area contributed by atoms with Gasteiger partial charge < -0.3 is 10.6 Å². The van der Waals surface area contributed by atoms with Gasteiger partial charge in [0.1, 0.15) is 0 Å². The van der Waals surface area contributed by atoms with E-state index < -0.39 is 0 Å².